The predicted octanol–water partition coefficient (Wildman–Crippen LogP) is 3.50. The van der Waals surface area contributed by atoms with E-state index in [4.69, 9.17) is 11.6 Å². The summed E-state index contributed by atoms with van der Waals surface area (Å²) in [5.41, 5.74) is 1.43. The minimum absolute atomic E-state index is 0.154. The average molecular weight is 573 g/mol. The minimum atomic E-state index is -4.19. The molecule has 4 rings (SSSR count). The number of rotatable bonds is 8. The summed E-state index contributed by atoms with van der Waals surface area (Å²) in [6.07, 6.45) is 2.96. The third-order valence-electron chi connectivity index (χ3n) is 6.04. The van der Waals surface area contributed by atoms with Gasteiger partial charge in [0.2, 0.25) is 5.91 Å². The third kappa shape index (κ3) is 5.86. The molecule has 39 heavy (non-hydrogen) atoms. The van der Waals surface area contributed by atoms with Crippen LogP contribution in [0.4, 0.5) is 15.9 Å². The number of hydrogen-bond donors (Lipinski definition) is 2. The van der Waals surface area contributed by atoms with Gasteiger partial charge in [-0.15, -0.1) is 0 Å². The van der Waals surface area contributed by atoms with E-state index in [0.29, 0.717) is 27.8 Å². The second kappa shape index (κ2) is 11.0. The number of nitrogens with one attached hydrogen (secondary N) is 2. The predicted molar refractivity (Wildman–Crippen MR) is 149 cm³/mol. The van der Waals surface area contributed by atoms with E-state index >= 15 is 0 Å². The summed E-state index contributed by atoms with van der Waals surface area (Å²) in [6.45, 7) is 1.87. The lowest BCUT2D eigenvalue weighted by atomic mass is 10.0. The van der Waals surface area contributed by atoms with Crippen molar-refractivity contribution in [3.63, 3.8) is 0 Å². The van der Waals surface area contributed by atoms with Crippen molar-refractivity contribution in [2.45, 2.75) is 18.4 Å². The summed E-state index contributed by atoms with van der Waals surface area (Å²) in [7, 11) is 0.744. The number of aromatic nitrogens is 3. The molecule has 4 aromatic rings. The Hall–Kier alpha value is -4.03. The number of sulfonamides is 1. The maximum absolute atomic E-state index is 13.5. The summed E-state index contributed by atoms with van der Waals surface area (Å²) >= 11 is 6.00. The zero-order valence-corrected chi connectivity index (χ0v) is 23.1. The van der Waals surface area contributed by atoms with E-state index in [0.717, 1.165) is 18.2 Å². The fourth-order valence-electron chi connectivity index (χ4n) is 4.03. The van der Waals surface area contributed by atoms with E-state index in [1.807, 2.05) is 0 Å². The van der Waals surface area contributed by atoms with Crippen molar-refractivity contribution in [3.8, 4) is 11.1 Å². The highest BCUT2D eigenvalue weighted by atomic mass is 35.5. The molecule has 0 saturated carbocycles. The highest BCUT2D eigenvalue weighted by Gasteiger charge is 2.22. The van der Waals surface area contributed by atoms with Gasteiger partial charge in [0.1, 0.15) is 10.7 Å². The molecule has 0 unspecified atom stereocenters. The molecule has 204 valence electrons. The normalized spacial score (nSPS) is 12.3. The van der Waals surface area contributed by atoms with Crippen molar-refractivity contribution in [2.75, 3.05) is 30.8 Å². The van der Waals surface area contributed by atoms with Crippen LogP contribution in [0.15, 0.2) is 64.7 Å². The minimum Gasteiger partial charge on any atom is -0.361 e. The van der Waals surface area contributed by atoms with Gasteiger partial charge in [0.15, 0.2) is 5.82 Å². The van der Waals surface area contributed by atoms with Crippen LogP contribution in [0.3, 0.4) is 0 Å². The number of anilines is 2. The topological polar surface area (TPSA) is 126 Å². The van der Waals surface area contributed by atoms with Crippen LogP contribution in [0.2, 0.25) is 5.02 Å². The Morgan fingerprint density at radius 2 is 1.87 bits per heavy atom. The van der Waals surface area contributed by atoms with Crippen LogP contribution >= 0.6 is 11.6 Å². The van der Waals surface area contributed by atoms with Crippen molar-refractivity contribution >= 4 is 49.9 Å². The van der Waals surface area contributed by atoms with Crippen LogP contribution < -0.4 is 20.5 Å². The van der Waals surface area contributed by atoms with Gasteiger partial charge >= 0.3 is 0 Å². The monoisotopic (exact) mass is 572 g/mol. The molecule has 2 heterocycles. The Balaban J connectivity index is 1.76. The van der Waals surface area contributed by atoms with Crippen molar-refractivity contribution in [1.82, 2.24) is 19.9 Å². The molecule has 0 aliphatic carbocycles. The Labute approximate surface area is 229 Å². The Kier molecular flexibility index (Phi) is 7.89. The molecular weight excluding hydrogens is 547 g/mol. The summed E-state index contributed by atoms with van der Waals surface area (Å²) in [5, 5.41) is 2.63. The summed E-state index contributed by atoms with van der Waals surface area (Å²) in [6, 6.07) is 9.66. The van der Waals surface area contributed by atoms with E-state index in [2.05, 4.69) is 20.0 Å². The van der Waals surface area contributed by atoms with Crippen LogP contribution in [0.5, 0.6) is 0 Å². The van der Waals surface area contributed by atoms with Gasteiger partial charge in [0, 0.05) is 39.4 Å². The zero-order valence-electron chi connectivity index (χ0n) is 21.6. The Morgan fingerprint density at radius 1 is 1.13 bits per heavy atom. The van der Waals surface area contributed by atoms with Crippen LogP contribution in [0, 0.1) is 11.7 Å². The molecule has 0 radical (unpaired) electrons. The lowest BCUT2D eigenvalue weighted by molar-refractivity contribution is -0.124. The molecule has 13 heteroatoms. The molecule has 1 atom stereocenters. The van der Waals surface area contributed by atoms with Gasteiger partial charge in [-0.3, -0.25) is 18.9 Å². The molecule has 10 nitrogen and oxygen atoms in total. The largest absolute Gasteiger partial charge is 0.361 e. The number of nitrogens with zero attached hydrogens (tertiary/aromatic N) is 4. The summed E-state index contributed by atoms with van der Waals surface area (Å²) in [4.78, 5) is 35.2. The molecule has 0 saturated heterocycles. The van der Waals surface area contributed by atoms with E-state index in [1.54, 1.807) is 56.4 Å². The molecule has 2 N–H and O–H groups in total. The standard InChI is InChI=1S/C26H26ClFN6O4S/c1-15(25(35)29-2)13-34-14-31-21-7-5-16(9-19(21)26(34)36)17-10-22(24(30-12-17)33(3)4)32-39(37,38)23-8-6-18(28)11-20(23)27/h5-12,14-15,32H,13H2,1-4H3,(H,29,35)/t15-/m1/s1. The van der Waals surface area contributed by atoms with Crippen molar-refractivity contribution < 1.29 is 17.6 Å². The van der Waals surface area contributed by atoms with E-state index < -0.39 is 21.8 Å². The molecule has 0 aliphatic rings. The van der Waals surface area contributed by atoms with Crippen LogP contribution in [0.1, 0.15) is 6.92 Å². The number of hydrogen-bond acceptors (Lipinski definition) is 7. The lowest BCUT2D eigenvalue weighted by Crippen LogP contribution is -2.32. The summed E-state index contributed by atoms with van der Waals surface area (Å²) < 4.78 is 43.6. The molecular formula is C26H26ClFN6O4S. The molecule has 0 aliphatic heterocycles. The van der Waals surface area contributed by atoms with E-state index in [9.17, 15) is 22.4 Å². The van der Waals surface area contributed by atoms with Gasteiger partial charge in [-0.25, -0.2) is 22.8 Å². The van der Waals surface area contributed by atoms with Gasteiger partial charge in [0.05, 0.1) is 33.9 Å². The second-order valence-corrected chi connectivity index (χ2v) is 11.2. The van der Waals surface area contributed by atoms with Gasteiger partial charge < -0.3 is 10.2 Å². The first kappa shape index (κ1) is 28.0. The maximum atomic E-state index is 13.5. The Bertz CT molecular complexity index is 1740. The first-order valence-electron chi connectivity index (χ1n) is 11.8. The van der Waals surface area contributed by atoms with Gasteiger partial charge in [0.25, 0.3) is 15.6 Å². The first-order chi connectivity index (χ1) is 18.4. The highest BCUT2D eigenvalue weighted by molar-refractivity contribution is 7.92. The molecule has 2 aromatic heterocycles. The zero-order chi connectivity index (χ0) is 28.5. The third-order valence-corrected chi connectivity index (χ3v) is 7.89. The maximum Gasteiger partial charge on any atom is 0.263 e. The summed E-state index contributed by atoms with van der Waals surface area (Å²) in [5.74, 6) is -0.971. The van der Waals surface area contributed by atoms with Crippen molar-refractivity contribution in [1.29, 1.82) is 0 Å². The van der Waals surface area contributed by atoms with Gasteiger partial charge in [-0.2, -0.15) is 0 Å². The van der Waals surface area contributed by atoms with Crippen molar-refractivity contribution in [3.05, 3.63) is 76.2 Å². The molecule has 0 fully saturated rings. The second-order valence-electron chi connectivity index (χ2n) is 9.12. The molecule has 2 aromatic carbocycles. The number of amides is 1. The molecule has 1 amide bonds. The molecule has 0 bridgehead atoms. The van der Waals surface area contributed by atoms with Crippen molar-refractivity contribution in [2.24, 2.45) is 5.92 Å². The van der Waals surface area contributed by atoms with Gasteiger partial charge in [-0.1, -0.05) is 24.6 Å². The van der Waals surface area contributed by atoms with E-state index in [-0.39, 0.29) is 33.6 Å². The SMILES string of the molecule is CNC(=O)[C@H](C)Cn1cnc2ccc(-c3cnc(N(C)C)c(NS(=O)(=O)c4ccc(F)cc4Cl)c3)cc2c1=O. The van der Waals surface area contributed by atoms with Crippen LogP contribution in [0.25, 0.3) is 22.0 Å². The number of carbonyl (C=O) groups is 1. The quantitative estimate of drug-likeness (QED) is 0.331. The number of benzene rings is 2. The molecule has 0 spiro atoms. The Morgan fingerprint density at radius 3 is 2.54 bits per heavy atom. The number of fused-ring (bicyclic) bond motifs is 1. The highest BCUT2D eigenvalue weighted by Crippen LogP contribution is 2.32. The first-order valence-corrected chi connectivity index (χ1v) is 13.6. The number of carbonyl (C=O) groups excluding carboxylic acids is 1. The fraction of sp³-hybridized carbons (Fsp3) is 0.231. The number of halogens is 2. The van der Waals surface area contributed by atoms with Gasteiger partial charge in [-0.05, 0) is 42.0 Å². The number of pyridine rings is 1. The lowest BCUT2D eigenvalue weighted by Gasteiger charge is -2.19. The van der Waals surface area contributed by atoms with Crippen LogP contribution in [-0.2, 0) is 21.4 Å². The fourth-order valence-corrected chi connectivity index (χ4v) is 5.62. The average Bonchev–Trinajstić information content (AvgIpc) is 2.88. The van der Waals surface area contributed by atoms with E-state index in [1.165, 1.54) is 17.9 Å². The van der Waals surface area contributed by atoms with Crippen LogP contribution in [-0.4, -0.2) is 50.0 Å². The smallest absolute Gasteiger partial charge is 0.263 e.